The molecule has 2 aromatic carbocycles. The second-order valence-electron chi connectivity index (χ2n) is 11.3. The summed E-state index contributed by atoms with van der Waals surface area (Å²) in [6, 6.07) is 13.7. The van der Waals surface area contributed by atoms with Crippen molar-refractivity contribution in [3.63, 3.8) is 0 Å². The minimum absolute atomic E-state index is 0.00833. The number of amides is 4. The third-order valence-electron chi connectivity index (χ3n) is 8.45. The van der Waals surface area contributed by atoms with Crippen molar-refractivity contribution in [1.82, 2.24) is 20.4 Å². The average Bonchev–Trinajstić information content (AvgIpc) is 2.99. The van der Waals surface area contributed by atoms with Crippen molar-refractivity contribution in [3.05, 3.63) is 62.5 Å². The molecule has 0 unspecified atom stereocenters. The summed E-state index contributed by atoms with van der Waals surface area (Å²) < 4.78 is 1.64. The summed E-state index contributed by atoms with van der Waals surface area (Å²) in [4.78, 5) is 43.9. The zero-order valence-electron chi connectivity index (χ0n) is 24.7. The largest absolute Gasteiger partial charge is 0.342 e. The molecule has 2 aliphatic heterocycles. The number of nitrogens with one attached hydrogen (secondary N) is 3. The van der Waals surface area contributed by atoms with Crippen LogP contribution in [0.1, 0.15) is 63.5 Å². The van der Waals surface area contributed by atoms with Gasteiger partial charge in [-0.15, -0.1) is 0 Å². The van der Waals surface area contributed by atoms with Crippen molar-refractivity contribution in [1.29, 1.82) is 0 Å². The lowest BCUT2D eigenvalue weighted by atomic mass is 9.81. The quantitative estimate of drug-likeness (QED) is 0.241. The van der Waals surface area contributed by atoms with E-state index in [1.165, 1.54) is 5.56 Å². The Morgan fingerprint density at radius 1 is 1.00 bits per heavy atom. The van der Waals surface area contributed by atoms with E-state index in [0.717, 1.165) is 59.8 Å². The van der Waals surface area contributed by atoms with E-state index in [4.69, 9.17) is 0 Å². The number of unbranched alkanes of at least 4 members (excludes halogenated alkanes) is 1. The highest BCUT2D eigenvalue weighted by Crippen LogP contribution is 2.34. The van der Waals surface area contributed by atoms with E-state index in [-0.39, 0.29) is 17.8 Å². The number of hydrogen-bond donors (Lipinski definition) is 3. The molecule has 2 saturated heterocycles. The first kappa shape index (κ1) is 32.5. The number of piperazine rings is 1. The number of anilines is 1. The van der Waals surface area contributed by atoms with Crippen LogP contribution in [-0.4, -0.2) is 71.9 Å². The maximum absolute atomic E-state index is 13.6. The number of likely N-dealkylation sites (tertiary alicyclic amines) is 1. The number of benzene rings is 2. The molecule has 0 aromatic heterocycles. The lowest BCUT2D eigenvalue weighted by Gasteiger charge is -2.51. The molecule has 1 atom stereocenters. The van der Waals surface area contributed by atoms with Gasteiger partial charge in [-0.05, 0) is 106 Å². The molecule has 2 heterocycles. The number of carbonyl (C=O) groups is 3. The fourth-order valence-electron chi connectivity index (χ4n) is 5.98. The minimum atomic E-state index is -0.746. The molecule has 0 saturated carbocycles. The number of aryl methyl sites for hydroxylation is 1. The topological polar surface area (TPSA) is 93.8 Å². The van der Waals surface area contributed by atoms with Crippen LogP contribution in [0.4, 0.5) is 10.5 Å². The molecule has 42 heavy (non-hydrogen) atoms. The van der Waals surface area contributed by atoms with Crippen molar-refractivity contribution in [2.45, 2.75) is 76.8 Å². The Kier molecular flexibility index (Phi) is 11.9. The predicted octanol–water partition coefficient (Wildman–Crippen LogP) is 5.88. The zero-order valence-corrected chi connectivity index (χ0v) is 27.9. The van der Waals surface area contributed by atoms with Gasteiger partial charge >= 0.3 is 6.03 Å². The van der Waals surface area contributed by atoms with Crippen molar-refractivity contribution >= 4 is 55.4 Å². The Morgan fingerprint density at radius 2 is 1.69 bits per heavy atom. The summed E-state index contributed by atoms with van der Waals surface area (Å²) in [5.41, 5.74) is 2.42. The Morgan fingerprint density at radius 3 is 2.33 bits per heavy atom. The van der Waals surface area contributed by atoms with Gasteiger partial charge in [0.25, 0.3) is 0 Å². The van der Waals surface area contributed by atoms with Crippen LogP contribution in [0.5, 0.6) is 0 Å². The molecule has 1 spiro atoms. The minimum Gasteiger partial charge on any atom is -0.342 e. The lowest BCUT2D eigenvalue weighted by molar-refractivity contribution is -0.161. The van der Waals surface area contributed by atoms with Crippen molar-refractivity contribution in [3.8, 4) is 0 Å². The van der Waals surface area contributed by atoms with Gasteiger partial charge in [0.1, 0.15) is 11.6 Å². The van der Waals surface area contributed by atoms with Crippen molar-refractivity contribution in [2.75, 3.05) is 38.0 Å². The summed E-state index contributed by atoms with van der Waals surface area (Å²) in [5, 5.41) is 8.87. The average molecular weight is 706 g/mol. The summed E-state index contributed by atoms with van der Waals surface area (Å²) in [5.74, 6) is 0.0242. The molecule has 4 rings (SSSR count). The van der Waals surface area contributed by atoms with Gasteiger partial charge in [-0.3, -0.25) is 9.59 Å². The number of piperidine rings is 1. The highest BCUT2D eigenvalue weighted by atomic mass is 79.9. The molecular formula is C32H43Br2N5O3. The van der Waals surface area contributed by atoms with Gasteiger partial charge in [0.15, 0.2) is 0 Å². The molecule has 2 aromatic rings. The number of rotatable bonds is 12. The number of carbonyl (C=O) groups excluding carboxylic acids is 3. The van der Waals surface area contributed by atoms with Crippen molar-refractivity contribution in [2.24, 2.45) is 0 Å². The molecular weight excluding hydrogens is 662 g/mol. The van der Waals surface area contributed by atoms with Crippen LogP contribution in [-0.2, 0) is 22.4 Å². The summed E-state index contributed by atoms with van der Waals surface area (Å²) >= 11 is 7.06. The van der Waals surface area contributed by atoms with Crippen LogP contribution in [0.25, 0.3) is 0 Å². The van der Waals surface area contributed by atoms with Crippen LogP contribution in [0.2, 0.25) is 0 Å². The van der Waals surface area contributed by atoms with E-state index < -0.39 is 11.6 Å². The van der Waals surface area contributed by atoms with E-state index in [2.05, 4.69) is 90.8 Å². The first-order valence-electron chi connectivity index (χ1n) is 15.2. The highest BCUT2D eigenvalue weighted by Gasteiger charge is 2.52. The van der Waals surface area contributed by atoms with Crippen LogP contribution in [0.3, 0.4) is 0 Å². The van der Waals surface area contributed by atoms with Crippen LogP contribution >= 0.6 is 31.9 Å². The fourth-order valence-corrected chi connectivity index (χ4v) is 7.46. The molecule has 0 aliphatic carbocycles. The second kappa shape index (κ2) is 15.3. The molecule has 8 nitrogen and oxygen atoms in total. The summed E-state index contributed by atoms with van der Waals surface area (Å²) in [6.45, 7) is 7.78. The zero-order chi connectivity index (χ0) is 30.1. The highest BCUT2D eigenvalue weighted by molar-refractivity contribution is 9.11. The molecule has 2 fully saturated rings. The van der Waals surface area contributed by atoms with Gasteiger partial charge in [-0.25, -0.2) is 4.79 Å². The van der Waals surface area contributed by atoms with Gasteiger partial charge in [-0.2, -0.15) is 0 Å². The Bertz CT molecular complexity index is 1210. The predicted molar refractivity (Wildman–Crippen MR) is 175 cm³/mol. The lowest BCUT2D eigenvalue weighted by Crippen LogP contribution is -2.72. The van der Waals surface area contributed by atoms with Gasteiger partial charge < -0.3 is 25.8 Å². The fraction of sp³-hybridized carbons (Fsp3) is 0.531. The van der Waals surface area contributed by atoms with E-state index in [1.807, 2.05) is 23.1 Å². The smallest absolute Gasteiger partial charge is 0.319 e. The van der Waals surface area contributed by atoms with Gasteiger partial charge in [0, 0.05) is 41.7 Å². The van der Waals surface area contributed by atoms with E-state index >= 15 is 0 Å². The van der Waals surface area contributed by atoms with Gasteiger partial charge in [-0.1, -0.05) is 44.2 Å². The monoisotopic (exact) mass is 703 g/mol. The maximum atomic E-state index is 13.6. The third-order valence-corrected chi connectivity index (χ3v) is 9.70. The van der Waals surface area contributed by atoms with E-state index in [9.17, 15) is 14.4 Å². The van der Waals surface area contributed by atoms with Crippen molar-refractivity contribution < 1.29 is 14.4 Å². The number of halogens is 2. The maximum Gasteiger partial charge on any atom is 0.319 e. The van der Waals surface area contributed by atoms with E-state index in [0.29, 0.717) is 44.5 Å². The Labute approximate surface area is 266 Å². The summed E-state index contributed by atoms with van der Waals surface area (Å²) in [6.07, 6.45) is 6.02. The molecule has 0 bridgehead atoms. The summed E-state index contributed by atoms with van der Waals surface area (Å²) in [7, 11) is 0. The standard InChI is InChI=1S/C32H43Br2N5O3/c1-3-17-39-29(40)27(12-8-9-16-35-31(42)37-28-25(33)21-23(4-2)22-26(28)34)36-30(41)32(39)14-19-38(20-15-32)18-13-24-10-6-5-7-11-24/h5-7,10-11,21-22,27H,3-4,8-9,12-20H2,1-2H3,(H,36,41)(H2,35,37,42)/t27-/m0/s1. The van der Waals surface area contributed by atoms with E-state index in [1.54, 1.807) is 0 Å². The van der Waals surface area contributed by atoms with Crippen LogP contribution in [0, 0.1) is 0 Å². The Balaban J connectivity index is 1.23. The molecule has 10 heteroatoms. The first-order valence-corrected chi connectivity index (χ1v) is 16.8. The van der Waals surface area contributed by atoms with Crippen LogP contribution < -0.4 is 16.0 Å². The SMILES string of the molecule is CCCN1C(=O)[C@H](CCCCNC(=O)Nc2c(Br)cc(CC)cc2Br)NC(=O)C12CCN(CCc1ccccc1)CC2. The molecule has 2 aliphatic rings. The molecule has 4 amide bonds. The number of urea groups is 1. The second-order valence-corrected chi connectivity index (χ2v) is 13.0. The number of hydrogen-bond acceptors (Lipinski definition) is 4. The molecule has 0 radical (unpaired) electrons. The van der Waals surface area contributed by atoms with Gasteiger partial charge in [0.2, 0.25) is 11.8 Å². The Hall–Kier alpha value is -2.43. The number of nitrogens with zero attached hydrogens (tertiary/aromatic N) is 2. The normalized spacial score (nSPS) is 18.7. The van der Waals surface area contributed by atoms with Gasteiger partial charge in [0.05, 0.1) is 5.69 Å². The first-order chi connectivity index (χ1) is 20.3. The third kappa shape index (κ3) is 7.94. The molecule has 3 N–H and O–H groups in total. The molecule has 228 valence electrons. The van der Waals surface area contributed by atoms with Crippen LogP contribution in [0.15, 0.2) is 51.4 Å².